The van der Waals surface area contributed by atoms with E-state index in [1.807, 2.05) is 54.2 Å². The lowest BCUT2D eigenvalue weighted by Gasteiger charge is -2.10. The molecule has 5 aromatic rings. The molecule has 0 aliphatic heterocycles. The van der Waals surface area contributed by atoms with Crippen molar-refractivity contribution in [1.82, 2.24) is 30.3 Å². The van der Waals surface area contributed by atoms with Crippen LogP contribution in [0.15, 0.2) is 67.1 Å². The number of benzene rings is 3. The van der Waals surface area contributed by atoms with Crippen molar-refractivity contribution in [2.24, 2.45) is 7.05 Å². The van der Waals surface area contributed by atoms with Crippen LogP contribution < -0.4 is 5.32 Å². The van der Waals surface area contributed by atoms with Gasteiger partial charge in [-0.1, -0.05) is 30.3 Å². The summed E-state index contributed by atoms with van der Waals surface area (Å²) in [6.07, 6.45) is 4.12. The molecule has 0 atom stereocenters. The first kappa shape index (κ1) is 18.1. The highest BCUT2D eigenvalue weighted by atomic mass is 16.1. The van der Waals surface area contributed by atoms with Gasteiger partial charge in [-0.2, -0.15) is 5.10 Å². The summed E-state index contributed by atoms with van der Waals surface area (Å²) < 4.78 is 1.85. The van der Waals surface area contributed by atoms with Crippen molar-refractivity contribution in [1.29, 1.82) is 0 Å². The van der Waals surface area contributed by atoms with E-state index in [2.05, 4.69) is 43.9 Å². The number of aryl methyl sites for hydroxylation is 1. The second kappa shape index (κ2) is 7.44. The maximum absolute atomic E-state index is 12.6. The van der Waals surface area contributed by atoms with Crippen molar-refractivity contribution in [3.63, 3.8) is 0 Å². The van der Waals surface area contributed by atoms with Crippen LogP contribution in [0.3, 0.4) is 0 Å². The molecule has 148 valence electrons. The SMILES string of the molecule is Cn1cnnc1CCNC(=O)c1ccc2c(-c3ccc4[nH]ncc4c3)cccc2c1. The van der Waals surface area contributed by atoms with Crippen LogP contribution in [0.25, 0.3) is 32.8 Å². The normalized spacial score (nSPS) is 11.2. The van der Waals surface area contributed by atoms with Crippen LogP contribution in [0, 0.1) is 0 Å². The number of rotatable bonds is 5. The molecule has 0 saturated heterocycles. The van der Waals surface area contributed by atoms with Crippen molar-refractivity contribution in [3.8, 4) is 11.1 Å². The quantitative estimate of drug-likeness (QED) is 0.476. The average Bonchev–Trinajstić information content (AvgIpc) is 3.41. The minimum absolute atomic E-state index is 0.0933. The summed E-state index contributed by atoms with van der Waals surface area (Å²) in [5, 5.41) is 21.1. The fourth-order valence-electron chi connectivity index (χ4n) is 3.71. The Bertz CT molecular complexity index is 1370. The lowest BCUT2D eigenvalue weighted by Crippen LogP contribution is -2.26. The minimum atomic E-state index is -0.0933. The Morgan fingerprint density at radius 2 is 2.03 bits per heavy atom. The van der Waals surface area contributed by atoms with E-state index in [1.165, 1.54) is 0 Å². The number of carbonyl (C=O) groups is 1. The third-order valence-electron chi connectivity index (χ3n) is 5.33. The summed E-state index contributed by atoms with van der Waals surface area (Å²) in [5.74, 6) is 0.748. The maximum atomic E-state index is 12.6. The largest absolute Gasteiger partial charge is 0.352 e. The molecule has 0 spiro atoms. The monoisotopic (exact) mass is 396 g/mol. The van der Waals surface area contributed by atoms with Crippen LogP contribution in [0.5, 0.6) is 0 Å². The molecule has 0 aliphatic rings. The zero-order chi connectivity index (χ0) is 20.5. The van der Waals surface area contributed by atoms with Gasteiger partial charge in [0.15, 0.2) is 0 Å². The van der Waals surface area contributed by atoms with E-state index < -0.39 is 0 Å². The minimum Gasteiger partial charge on any atom is -0.352 e. The predicted molar refractivity (Wildman–Crippen MR) is 116 cm³/mol. The third-order valence-corrected chi connectivity index (χ3v) is 5.33. The Labute approximate surface area is 172 Å². The van der Waals surface area contributed by atoms with Crippen LogP contribution in [-0.2, 0) is 13.5 Å². The van der Waals surface area contributed by atoms with E-state index in [-0.39, 0.29) is 5.91 Å². The summed E-state index contributed by atoms with van der Waals surface area (Å²) in [6, 6.07) is 18.2. The Hall–Kier alpha value is -4.00. The molecular formula is C23H20N6O. The van der Waals surface area contributed by atoms with E-state index in [4.69, 9.17) is 0 Å². The summed E-state index contributed by atoms with van der Waals surface area (Å²) in [5.41, 5.74) is 3.90. The lowest BCUT2D eigenvalue weighted by molar-refractivity contribution is 0.0954. The molecule has 30 heavy (non-hydrogen) atoms. The van der Waals surface area contributed by atoms with Crippen LogP contribution in [0.2, 0.25) is 0 Å². The molecule has 3 aromatic carbocycles. The van der Waals surface area contributed by atoms with Gasteiger partial charge in [-0.05, 0) is 46.2 Å². The van der Waals surface area contributed by atoms with Gasteiger partial charge in [0.25, 0.3) is 5.91 Å². The number of fused-ring (bicyclic) bond motifs is 2. The lowest BCUT2D eigenvalue weighted by atomic mass is 9.96. The molecule has 7 nitrogen and oxygen atoms in total. The number of aromatic amines is 1. The summed E-state index contributed by atoms with van der Waals surface area (Å²) in [4.78, 5) is 12.6. The predicted octanol–water partition coefficient (Wildman–Crippen LogP) is 3.48. The van der Waals surface area contributed by atoms with E-state index in [0.29, 0.717) is 18.5 Å². The van der Waals surface area contributed by atoms with Crippen LogP contribution >= 0.6 is 0 Å². The third kappa shape index (κ3) is 3.30. The van der Waals surface area contributed by atoms with E-state index >= 15 is 0 Å². The number of hydrogen-bond donors (Lipinski definition) is 2. The Morgan fingerprint density at radius 3 is 2.90 bits per heavy atom. The van der Waals surface area contributed by atoms with Crippen molar-refractivity contribution >= 4 is 27.6 Å². The number of nitrogens with zero attached hydrogens (tertiary/aromatic N) is 4. The Morgan fingerprint density at radius 1 is 1.10 bits per heavy atom. The van der Waals surface area contributed by atoms with Crippen molar-refractivity contribution in [3.05, 3.63) is 78.5 Å². The zero-order valence-corrected chi connectivity index (χ0v) is 16.5. The molecule has 0 saturated carbocycles. The number of amides is 1. The number of carbonyl (C=O) groups excluding carboxylic acids is 1. The van der Waals surface area contributed by atoms with Crippen molar-refractivity contribution in [2.45, 2.75) is 6.42 Å². The van der Waals surface area contributed by atoms with Crippen LogP contribution in [-0.4, -0.2) is 37.4 Å². The van der Waals surface area contributed by atoms with Gasteiger partial charge in [-0.25, -0.2) is 0 Å². The second-order valence-corrected chi connectivity index (χ2v) is 7.28. The first-order valence-electron chi connectivity index (χ1n) is 9.76. The molecule has 2 aromatic heterocycles. The summed E-state index contributed by atoms with van der Waals surface area (Å²) in [7, 11) is 1.89. The molecule has 0 aliphatic carbocycles. The van der Waals surface area contributed by atoms with Gasteiger partial charge in [-0.3, -0.25) is 9.89 Å². The maximum Gasteiger partial charge on any atom is 0.251 e. The Balaban J connectivity index is 1.39. The standard InChI is InChI=1S/C23H20N6O/c1-29-14-26-28-22(29)9-10-24-23(30)17-5-7-20-15(11-17)3-2-4-19(20)16-6-8-21-18(12-16)13-25-27-21/h2-8,11-14H,9-10H2,1H3,(H,24,30)(H,25,27). The molecule has 0 unspecified atom stereocenters. The first-order valence-corrected chi connectivity index (χ1v) is 9.76. The number of nitrogens with one attached hydrogen (secondary N) is 2. The van der Waals surface area contributed by atoms with Crippen molar-refractivity contribution < 1.29 is 4.79 Å². The van der Waals surface area contributed by atoms with Gasteiger partial charge in [-0.15, -0.1) is 10.2 Å². The zero-order valence-electron chi connectivity index (χ0n) is 16.5. The summed E-state index contributed by atoms with van der Waals surface area (Å²) in [6.45, 7) is 0.508. The highest BCUT2D eigenvalue weighted by Crippen LogP contribution is 2.31. The van der Waals surface area contributed by atoms with Gasteiger partial charge in [0.2, 0.25) is 0 Å². The molecule has 0 bridgehead atoms. The van der Waals surface area contributed by atoms with Gasteiger partial charge in [0.1, 0.15) is 12.2 Å². The molecular weight excluding hydrogens is 376 g/mol. The molecule has 2 heterocycles. The second-order valence-electron chi connectivity index (χ2n) is 7.28. The molecule has 5 rings (SSSR count). The van der Waals surface area contributed by atoms with Crippen molar-refractivity contribution in [2.75, 3.05) is 6.54 Å². The average molecular weight is 396 g/mol. The van der Waals surface area contributed by atoms with Gasteiger partial charge in [0, 0.05) is 31.0 Å². The highest BCUT2D eigenvalue weighted by Gasteiger charge is 2.10. The van der Waals surface area contributed by atoms with Gasteiger partial charge in [0.05, 0.1) is 11.7 Å². The van der Waals surface area contributed by atoms with E-state index in [1.54, 1.807) is 6.33 Å². The van der Waals surface area contributed by atoms with Gasteiger partial charge < -0.3 is 9.88 Å². The van der Waals surface area contributed by atoms with E-state index in [9.17, 15) is 4.79 Å². The fraction of sp³-hybridized carbons (Fsp3) is 0.130. The molecule has 1 amide bonds. The molecule has 0 fully saturated rings. The highest BCUT2D eigenvalue weighted by molar-refractivity contribution is 6.03. The van der Waals surface area contributed by atoms with Gasteiger partial charge >= 0.3 is 0 Å². The molecule has 0 radical (unpaired) electrons. The number of hydrogen-bond acceptors (Lipinski definition) is 4. The number of H-pyrrole nitrogens is 1. The van der Waals surface area contributed by atoms with E-state index in [0.717, 1.165) is 38.6 Å². The Kier molecular flexibility index (Phi) is 4.48. The first-order chi connectivity index (χ1) is 14.7. The smallest absolute Gasteiger partial charge is 0.251 e. The summed E-state index contributed by atoms with van der Waals surface area (Å²) >= 11 is 0. The molecule has 7 heteroatoms. The number of aromatic nitrogens is 5. The topological polar surface area (TPSA) is 88.5 Å². The van der Waals surface area contributed by atoms with Crippen LogP contribution in [0.1, 0.15) is 16.2 Å². The van der Waals surface area contributed by atoms with Crippen LogP contribution in [0.4, 0.5) is 0 Å². The molecule has 2 N–H and O–H groups in total. The fourth-order valence-corrected chi connectivity index (χ4v) is 3.71.